The molecule has 0 bridgehead atoms. The molecule has 0 N–H and O–H groups in total. The summed E-state index contributed by atoms with van der Waals surface area (Å²) in [6.07, 6.45) is 0. The van der Waals surface area contributed by atoms with Gasteiger partial charge in [-0.05, 0) is 88.6 Å². The zero-order chi connectivity index (χ0) is 47.7. The summed E-state index contributed by atoms with van der Waals surface area (Å²) in [7, 11) is 0. The Labute approximate surface area is 433 Å². The lowest BCUT2D eigenvalue weighted by Crippen LogP contribution is -2.62. The van der Waals surface area contributed by atoms with Crippen molar-refractivity contribution >= 4 is 157 Å². The lowest BCUT2D eigenvalue weighted by molar-refractivity contribution is 1.14. The molecule has 8 heterocycles. The quantitative estimate of drug-likeness (QED) is 0.161. The van der Waals surface area contributed by atoms with Crippen LogP contribution in [0.25, 0.3) is 110 Å². The van der Waals surface area contributed by atoms with Gasteiger partial charge in [-0.3, -0.25) is 0 Å². The van der Waals surface area contributed by atoms with Crippen LogP contribution in [0.3, 0.4) is 0 Å². The van der Waals surface area contributed by atoms with Crippen molar-refractivity contribution in [1.29, 1.82) is 0 Å². The van der Waals surface area contributed by atoms with E-state index in [4.69, 9.17) is 0 Å². The van der Waals surface area contributed by atoms with Gasteiger partial charge in [-0.15, -0.1) is 0 Å². The highest BCUT2D eigenvalue weighted by Crippen LogP contribution is 2.47. The summed E-state index contributed by atoms with van der Waals surface area (Å²) < 4.78 is 10.3. The molecule has 15 aromatic rings. The van der Waals surface area contributed by atoms with Crippen molar-refractivity contribution in [1.82, 2.24) is 18.3 Å². The van der Waals surface area contributed by atoms with Gasteiger partial charge in [0.1, 0.15) is 0 Å². The summed E-state index contributed by atoms with van der Waals surface area (Å²) in [4.78, 5) is 5.40. The number of nitrogens with zero attached hydrogens (tertiary/aromatic N) is 4. The second kappa shape index (κ2) is 13.7. The molecule has 4 aliphatic heterocycles. The molecule has 19 rings (SSSR count). The molecule has 0 atom stereocenters. The van der Waals surface area contributed by atoms with Gasteiger partial charge < -0.3 is 18.3 Å². The van der Waals surface area contributed by atoms with Gasteiger partial charge in [-0.25, -0.2) is 0 Å². The Morgan fingerprint density at radius 3 is 1.11 bits per heavy atom. The largest absolute Gasteiger partial charge is 0.308 e. The predicted molar refractivity (Wildman–Crippen MR) is 314 cm³/mol. The van der Waals surface area contributed by atoms with Crippen molar-refractivity contribution in [3.63, 3.8) is 0 Å². The normalized spacial score (nSPS) is 13.8. The van der Waals surface area contributed by atoms with E-state index < -0.39 is 0 Å². The molecule has 0 aliphatic carbocycles. The summed E-state index contributed by atoms with van der Waals surface area (Å²) in [5.74, 6) is 0. The number of aromatic nitrogens is 4. The maximum absolute atomic E-state index is 2.66. The van der Waals surface area contributed by atoms with Crippen LogP contribution >= 0.6 is 23.5 Å². The van der Waals surface area contributed by atoms with E-state index >= 15 is 0 Å². The van der Waals surface area contributed by atoms with Gasteiger partial charge in [0.15, 0.2) is 0 Å². The molecular formula is C66H36B2N4S2. The van der Waals surface area contributed by atoms with E-state index in [9.17, 15) is 0 Å². The van der Waals surface area contributed by atoms with E-state index in [1.165, 1.54) is 162 Å². The Bertz CT molecular complexity index is 4790. The highest BCUT2D eigenvalue weighted by Gasteiger charge is 2.44. The van der Waals surface area contributed by atoms with Crippen LogP contribution < -0.4 is 32.8 Å². The first-order chi connectivity index (χ1) is 36.8. The molecule has 338 valence electrons. The van der Waals surface area contributed by atoms with E-state index in [2.05, 4.69) is 237 Å². The van der Waals surface area contributed by atoms with Crippen LogP contribution in [0.4, 0.5) is 0 Å². The van der Waals surface area contributed by atoms with E-state index in [1.54, 1.807) is 0 Å². The Morgan fingerprint density at radius 1 is 0.257 bits per heavy atom. The third kappa shape index (κ3) is 4.62. The van der Waals surface area contributed by atoms with E-state index in [0.29, 0.717) is 0 Å². The fraction of sp³-hybridized carbons (Fsp3) is 0. The van der Waals surface area contributed by atoms with Crippen molar-refractivity contribution in [2.24, 2.45) is 0 Å². The smallest absolute Gasteiger partial charge is 0.249 e. The first-order valence-corrected chi connectivity index (χ1v) is 27.3. The number of hydrogen-bond acceptors (Lipinski definition) is 2. The molecular weight excluding hydrogens is 935 g/mol. The molecule has 0 radical (unpaired) electrons. The lowest BCUT2D eigenvalue weighted by atomic mass is 9.32. The van der Waals surface area contributed by atoms with Gasteiger partial charge in [0.25, 0.3) is 0 Å². The second-order valence-corrected chi connectivity index (χ2v) is 22.8. The third-order valence-electron chi connectivity index (χ3n) is 17.2. The topological polar surface area (TPSA) is 19.7 Å². The van der Waals surface area contributed by atoms with Crippen LogP contribution in [-0.4, -0.2) is 31.7 Å². The minimum atomic E-state index is 0.0689. The SMILES string of the molecule is c1ccc(-n2c3ccccc3c3ccc4c5cccc6c5n(c4c32)-c2cccc3c2B6c2cc4c(cc2S3)Sc2cccc3c2B4c2cccc4c5ccc6c7ccccc7n(-c7ccccc7)c6c5n-3c24)cc1. The van der Waals surface area contributed by atoms with Crippen molar-refractivity contribution in [3.8, 4) is 22.7 Å². The van der Waals surface area contributed by atoms with Crippen LogP contribution in [0.1, 0.15) is 0 Å². The molecule has 74 heavy (non-hydrogen) atoms. The van der Waals surface area contributed by atoms with Gasteiger partial charge in [-0.1, -0.05) is 186 Å². The Balaban J connectivity index is 0.881. The molecule has 0 saturated heterocycles. The summed E-state index contributed by atoms with van der Waals surface area (Å²) in [6, 6.07) is 82.8. The average Bonchev–Trinajstić information content (AvgIpc) is 4.29. The zero-order valence-corrected chi connectivity index (χ0v) is 41.2. The molecule has 0 amide bonds. The first kappa shape index (κ1) is 39.0. The van der Waals surface area contributed by atoms with Crippen molar-refractivity contribution < 1.29 is 0 Å². The van der Waals surface area contributed by atoms with Crippen LogP contribution in [0.15, 0.2) is 238 Å². The number of para-hydroxylation sites is 6. The molecule has 4 nitrogen and oxygen atoms in total. The number of rotatable bonds is 2. The van der Waals surface area contributed by atoms with E-state index in [0.717, 1.165) is 0 Å². The molecule has 4 aromatic heterocycles. The van der Waals surface area contributed by atoms with E-state index in [-0.39, 0.29) is 13.4 Å². The predicted octanol–water partition coefficient (Wildman–Crippen LogP) is 12.7. The Kier molecular flexibility index (Phi) is 7.25. The van der Waals surface area contributed by atoms with Gasteiger partial charge in [0, 0.05) is 96.5 Å². The van der Waals surface area contributed by atoms with Crippen LogP contribution in [0.2, 0.25) is 0 Å². The van der Waals surface area contributed by atoms with Gasteiger partial charge in [0.05, 0.1) is 33.1 Å². The highest BCUT2D eigenvalue weighted by atomic mass is 32.2. The van der Waals surface area contributed by atoms with Crippen molar-refractivity contribution in [2.75, 3.05) is 0 Å². The molecule has 0 unspecified atom stereocenters. The number of hydrogen-bond donors (Lipinski definition) is 0. The van der Waals surface area contributed by atoms with Gasteiger partial charge in [-0.2, -0.15) is 0 Å². The maximum atomic E-state index is 2.66. The Morgan fingerprint density at radius 2 is 0.635 bits per heavy atom. The summed E-state index contributed by atoms with van der Waals surface area (Å²) >= 11 is 3.92. The third-order valence-corrected chi connectivity index (χ3v) is 19.5. The molecule has 0 saturated carbocycles. The monoisotopic (exact) mass is 970 g/mol. The fourth-order valence-electron chi connectivity index (χ4n) is 14.5. The molecule has 4 aliphatic rings. The van der Waals surface area contributed by atoms with Gasteiger partial charge >= 0.3 is 0 Å². The van der Waals surface area contributed by atoms with E-state index in [1.807, 2.05) is 23.5 Å². The maximum Gasteiger partial charge on any atom is 0.249 e. The molecule has 11 aromatic carbocycles. The second-order valence-electron chi connectivity index (χ2n) is 20.6. The van der Waals surface area contributed by atoms with Crippen LogP contribution in [0.5, 0.6) is 0 Å². The number of benzene rings is 11. The van der Waals surface area contributed by atoms with Crippen molar-refractivity contribution in [3.05, 3.63) is 218 Å². The van der Waals surface area contributed by atoms with Crippen molar-refractivity contribution in [2.45, 2.75) is 19.6 Å². The standard InChI is InChI=1S/C66H36B2N4S2/c1-3-15-37(16-4-1)69-51-25-9-7-19-39(51)43-31-33-45-41-21-11-23-47-61(41)71(65(45)63(43)69)53-27-13-29-55-59(53)67(47)49-35-50-58(36-57(49)73-55)74-56-30-14-28-54-60(56)68(50)48-24-12-22-42-46-34-32-44-40-20-8-10-26-52(40)70(38-17-5-2-6-18-38)64(44)66(46)72(54)62(42)48/h1-36H. The number of fused-ring (bicyclic) bond motifs is 22. The minimum Gasteiger partial charge on any atom is -0.308 e. The molecule has 8 heteroatoms. The zero-order valence-electron chi connectivity index (χ0n) is 39.5. The summed E-state index contributed by atoms with van der Waals surface area (Å²) in [5.41, 5.74) is 23.5. The minimum absolute atomic E-state index is 0.0689. The van der Waals surface area contributed by atoms with Crippen LogP contribution in [-0.2, 0) is 0 Å². The first-order valence-electron chi connectivity index (χ1n) is 25.7. The summed E-state index contributed by atoms with van der Waals surface area (Å²) in [6.45, 7) is 0.138. The van der Waals surface area contributed by atoms with Crippen LogP contribution in [0, 0.1) is 0 Å². The Hall–Kier alpha value is -8.55. The molecule has 0 fully saturated rings. The summed E-state index contributed by atoms with van der Waals surface area (Å²) in [5, 5.41) is 10.3. The molecule has 0 spiro atoms. The highest BCUT2D eigenvalue weighted by molar-refractivity contribution is 8.01. The average molecular weight is 971 g/mol. The fourth-order valence-corrected chi connectivity index (χ4v) is 17.0. The lowest BCUT2D eigenvalue weighted by Gasteiger charge is -2.37. The van der Waals surface area contributed by atoms with Gasteiger partial charge in [0.2, 0.25) is 13.4 Å².